The van der Waals surface area contributed by atoms with E-state index in [4.69, 9.17) is 5.73 Å². The normalized spacial score (nSPS) is 29.6. The van der Waals surface area contributed by atoms with Gasteiger partial charge in [-0.05, 0) is 48.8 Å². The summed E-state index contributed by atoms with van der Waals surface area (Å²) in [6.45, 7) is 9.20. The predicted octanol–water partition coefficient (Wildman–Crippen LogP) is 2.91. The highest BCUT2D eigenvalue weighted by atomic mass is 15.1. The van der Waals surface area contributed by atoms with Crippen LogP contribution in [0, 0.1) is 17.3 Å². The molecular formula is C17H29N3. The Kier molecular flexibility index (Phi) is 4.82. The number of nitrogens with two attached hydrogens (primary N) is 1. The molecule has 3 nitrogen and oxygen atoms in total. The first-order chi connectivity index (χ1) is 9.41. The van der Waals surface area contributed by atoms with Crippen molar-refractivity contribution in [3.05, 3.63) is 30.1 Å². The van der Waals surface area contributed by atoms with Gasteiger partial charge in [-0.3, -0.25) is 4.98 Å². The molecule has 3 heteroatoms. The van der Waals surface area contributed by atoms with Gasteiger partial charge in [0.1, 0.15) is 0 Å². The van der Waals surface area contributed by atoms with E-state index in [1.165, 1.54) is 12.0 Å². The van der Waals surface area contributed by atoms with Crippen molar-refractivity contribution in [1.29, 1.82) is 0 Å². The summed E-state index contributed by atoms with van der Waals surface area (Å²) in [4.78, 5) is 6.62. The van der Waals surface area contributed by atoms with E-state index < -0.39 is 0 Å². The highest BCUT2D eigenvalue weighted by molar-refractivity contribution is 5.08. The fourth-order valence-corrected chi connectivity index (χ4v) is 3.51. The molecule has 3 atom stereocenters. The van der Waals surface area contributed by atoms with Crippen LogP contribution in [0.5, 0.6) is 0 Å². The molecule has 1 aliphatic rings. The van der Waals surface area contributed by atoms with E-state index in [2.05, 4.69) is 43.8 Å². The Morgan fingerprint density at radius 1 is 1.40 bits per heavy atom. The van der Waals surface area contributed by atoms with Gasteiger partial charge in [-0.25, -0.2) is 0 Å². The molecule has 0 saturated heterocycles. The molecule has 1 aromatic rings. The lowest BCUT2D eigenvalue weighted by molar-refractivity contribution is 0.0324. The number of hydrogen-bond donors (Lipinski definition) is 1. The van der Waals surface area contributed by atoms with Crippen LogP contribution in [0.15, 0.2) is 24.5 Å². The fraction of sp³-hybridized carbons (Fsp3) is 0.706. The number of rotatable bonds is 4. The number of nitrogens with zero attached hydrogens (tertiary/aromatic N) is 2. The molecule has 112 valence electrons. The smallest absolute Gasteiger partial charge is 0.0312 e. The first-order valence-corrected chi connectivity index (χ1v) is 7.74. The molecule has 20 heavy (non-hydrogen) atoms. The molecule has 1 aliphatic carbocycles. The first-order valence-electron chi connectivity index (χ1n) is 7.74. The SMILES string of the molecule is CC1C(N)CCC(CN(C)Cc2cccnc2)C1(C)C. The maximum Gasteiger partial charge on any atom is 0.0312 e. The molecule has 0 radical (unpaired) electrons. The molecule has 0 spiro atoms. The molecule has 0 aromatic carbocycles. The molecule has 0 bridgehead atoms. The Bertz CT molecular complexity index is 416. The van der Waals surface area contributed by atoms with E-state index in [9.17, 15) is 0 Å². The second kappa shape index (κ2) is 6.23. The summed E-state index contributed by atoms with van der Waals surface area (Å²) in [5, 5.41) is 0. The molecule has 3 unspecified atom stereocenters. The van der Waals surface area contributed by atoms with Gasteiger partial charge in [0.2, 0.25) is 0 Å². The highest BCUT2D eigenvalue weighted by Gasteiger charge is 2.41. The Balaban J connectivity index is 1.95. The van der Waals surface area contributed by atoms with Crippen LogP contribution in [0.4, 0.5) is 0 Å². The Labute approximate surface area is 123 Å². The second-order valence-corrected chi connectivity index (χ2v) is 7.11. The number of pyridine rings is 1. The molecular weight excluding hydrogens is 246 g/mol. The third-order valence-corrected chi connectivity index (χ3v) is 5.42. The van der Waals surface area contributed by atoms with Gasteiger partial charge in [0, 0.05) is 31.5 Å². The second-order valence-electron chi connectivity index (χ2n) is 7.11. The lowest BCUT2D eigenvalue weighted by Gasteiger charge is -2.48. The van der Waals surface area contributed by atoms with Crippen LogP contribution in [0.1, 0.15) is 39.2 Å². The van der Waals surface area contributed by atoms with E-state index in [0.717, 1.165) is 25.4 Å². The maximum atomic E-state index is 6.25. The maximum absolute atomic E-state index is 6.25. The van der Waals surface area contributed by atoms with Gasteiger partial charge in [0.25, 0.3) is 0 Å². The van der Waals surface area contributed by atoms with Gasteiger partial charge in [0.15, 0.2) is 0 Å². The molecule has 1 saturated carbocycles. The average molecular weight is 275 g/mol. The third kappa shape index (κ3) is 3.39. The zero-order chi connectivity index (χ0) is 14.8. The van der Waals surface area contributed by atoms with Crippen molar-refractivity contribution in [3.63, 3.8) is 0 Å². The molecule has 0 aliphatic heterocycles. The summed E-state index contributed by atoms with van der Waals surface area (Å²) < 4.78 is 0. The molecule has 0 amide bonds. The minimum atomic E-state index is 0.320. The summed E-state index contributed by atoms with van der Waals surface area (Å²) in [6.07, 6.45) is 6.20. The van der Waals surface area contributed by atoms with Crippen molar-refractivity contribution >= 4 is 0 Å². The topological polar surface area (TPSA) is 42.1 Å². The van der Waals surface area contributed by atoms with E-state index in [1.54, 1.807) is 0 Å². The van der Waals surface area contributed by atoms with Crippen molar-refractivity contribution in [2.45, 2.75) is 46.2 Å². The van der Waals surface area contributed by atoms with Crippen LogP contribution < -0.4 is 5.73 Å². The van der Waals surface area contributed by atoms with Crippen LogP contribution in [0.3, 0.4) is 0 Å². The Hall–Kier alpha value is -0.930. The van der Waals surface area contributed by atoms with Crippen LogP contribution in [0.25, 0.3) is 0 Å². The van der Waals surface area contributed by atoms with Crippen molar-refractivity contribution in [3.8, 4) is 0 Å². The van der Waals surface area contributed by atoms with Crippen LogP contribution >= 0.6 is 0 Å². The van der Waals surface area contributed by atoms with Crippen molar-refractivity contribution in [1.82, 2.24) is 9.88 Å². The van der Waals surface area contributed by atoms with Gasteiger partial charge in [0.05, 0.1) is 0 Å². The number of hydrogen-bond acceptors (Lipinski definition) is 3. The molecule has 1 fully saturated rings. The average Bonchev–Trinajstić information content (AvgIpc) is 2.41. The summed E-state index contributed by atoms with van der Waals surface area (Å²) in [5.41, 5.74) is 7.85. The Morgan fingerprint density at radius 2 is 2.15 bits per heavy atom. The van der Waals surface area contributed by atoms with E-state index in [-0.39, 0.29) is 0 Å². The Morgan fingerprint density at radius 3 is 2.80 bits per heavy atom. The minimum Gasteiger partial charge on any atom is -0.327 e. The summed E-state index contributed by atoms with van der Waals surface area (Å²) >= 11 is 0. The van der Waals surface area contributed by atoms with Gasteiger partial charge >= 0.3 is 0 Å². The quantitative estimate of drug-likeness (QED) is 0.918. The van der Waals surface area contributed by atoms with Crippen molar-refractivity contribution < 1.29 is 0 Å². The predicted molar refractivity (Wildman–Crippen MR) is 84.2 cm³/mol. The van der Waals surface area contributed by atoms with E-state index in [1.807, 2.05) is 18.5 Å². The summed E-state index contributed by atoms with van der Waals surface area (Å²) in [5.74, 6) is 1.31. The molecule has 2 rings (SSSR count). The van der Waals surface area contributed by atoms with E-state index >= 15 is 0 Å². The van der Waals surface area contributed by atoms with Crippen molar-refractivity contribution in [2.24, 2.45) is 23.0 Å². The lowest BCUT2D eigenvalue weighted by Crippen LogP contribution is -2.49. The zero-order valence-electron chi connectivity index (χ0n) is 13.3. The monoisotopic (exact) mass is 275 g/mol. The summed E-state index contributed by atoms with van der Waals surface area (Å²) in [6, 6.07) is 4.52. The van der Waals surface area contributed by atoms with Crippen LogP contribution in [0.2, 0.25) is 0 Å². The largest absolute Gasteiger partial charge is 0.327 e. The fourth-order valence-electron chi connectivity index (χ4n) is 3.51. The summed E-state index contributed by atoms with van der Waals surface area (Å²) in [7, 11) is 2.21. The van der Waals surface area contributed by atoms with Crippen molar-refractivity contribution in [2.75, 3.05) is 13.6 Å². The third-order valence-electron chi connectivity index (χ3n) is 5.42. The first kappa shape index (κ1) is 15.5. The highest BCUT2D eigenvalue weighted by Crippen LogP contribution is 2.44. The van der Waals surface area contributed by atoms with Gasteiger partial charge in [-0.1, -0.05) is 26.8 Å². The van der Waals surface area contributed by atoms with Gasteiger partial charge in [-0.15, -0.1) is 0 Å². The van der Waals surface area contributed by atoms with E-state index in [0.29, 0.717) is 17.4 Å². The molecule has 1 aromatic heterocycles. The minimum absolute atomic E-state index is 0.320. The molecule has 1 heterocycles. The van der Waals surface area contributed by atoms with Crippen LogP contribution in [-0.4, -0.2) is 29.5 Å². The number of aromatic nitrogens is 1. The van der Waals surface area contributed by atoms with Crippen LogP contribution in [-0.2, 0) is 6.54 Å². The van der Waals surface area contributed by atoms with Gasteiger partial charge in [-0.2, -0.15) is 0 Å². The van der Waals surface area contributed by atoms with Gasteiger partial charge < -0.3 is 10.6 Å². The lowest BCUT2D eigenvalue weighted by atomic mass is 9.61. The molecule has 2 N–H and O–H groups in total. The zero-order valence-corrected chi connectivity index (χ0v) is 13.3. The standard InChI is InChI=1S/C17H29N3/c1-13-16(18)8-7-15(17(13,2)3)12-20(4)11-14-6-5-9-19-10-14/h5-6,9-10,13,15-16H,7-8,11-12,18H2,1-4H3.